The first kappa shape index (κ1) is 17.9. The molecule has 0 spiro atoms. The van der Waals surface area contributed by atoms with Crippen LogP contribution in [0.5, 0.6) is 5.75 Å². The van der Waals surface area contributed by atoms with E-state index >= 15 is 0 Å². The minimum absolute atomic E-state index is 0.00386. The zero-order valence-corrected chi connectivity index (χ0v) is 15.1. The van der Waals surface area contributed by atoms with Crippen LogP contribution in [0.4, 0.5) is 11.4 Å². The summed E-state index contributed by atoms with van der Waals surface area (Å²) in [6.07, 6.45) is 0.393. The SMILES string of the molecule is COc1ccc(C)cc1NCCC(=O)Nc1c(C)cc(C)cc1C. The van der Waals surface area contributed by atoms with Crippen molar-refractivity contribution in [3.05, 3.63) is 52.6 Å². The minimum Gasteiger partial charge on any atom is -0.495 e. The molecule has 0 aliphatic heterocycles. The van der Waals surface area contributed by atoms with Gasteiger partial charge in [-0.1, -0.05) is 23.8 Å². The van der Waals surface area contributed by atoms with Crippen molar-refractivity contribution in [3.63, 3.8) is 0 Å². The number of nitrogens with one attached hydrogen (secondary N) is 2. The maximum absolute atomic E-state index is 12.2. The Kier molecular flexibility index (Phi) is 5.85. The molecule has 2 N–H and O–H groups in total. The zero-order chi connectivity index (χ0) is 17.7. The van der Waals surface area contributed by atoms with Gasteiger partial charge in [0.1, 0.15) is 5.75 Å². The zero-order valence-electron chi connectivity index (χ0n) is 15.1. The summed E-state index contributed by atoms with van der Waals surface area (Å²) in [6.45, 7) is 8.68. The van der Waals surface area contributed by atoms with Gasteiger partial charge in [-0.15, -0.1) is 0 Å². The lowest BCUT2D eigenvalue weighted by molar-refractivity contribution is -0.115. The van der Waals surface area contributed by atoms with E-state index < -0.39 is 0 Å². The molecule has 0 heterocycles. The van der Waals surface area contributed by atoms with Crippen LogP contribution in [0, 0.1) is 27.7 Å². The fourth-order valence-electron chi connectivity index (χ4n) is 2.85. The highest BCUT2D eigenvalue weighted by Gasteiger charge is 2.09. The summed E-state index contributed by atoms with van der Waals surface area (Å²) in [6, 6.07) is 10.1. The second-order valence-electron chi connectivity index (χ2n) is 6.20. The van der Waals surface area contributed by atoms with Crippen LogP contribution in [0.25, 0.3) is 0 Å². The van der Waals surface area contributed by atoms with Crippen LogP contribution in [-0.4, -0.2) is 19.6 Å². The molecule has 0 radical (unpaired) electrons. The first-order valence-corrected chi connectivity index (χ1v) is 8.17. The monoisotopic (exact) mass is 326 g/mol. The Balaban J connectivity index is 1.94. The summed E-state index contributed by atoms with van der Waals surface area (Å²) in [5.74, 6) is 0.787. The predicted octanol–water partition coefficient (Wildman–Crippen LogP) is 4.37. The Morgan fingerprint density at radius 1 is 1.00 bits per heavy atom. The Morgan fingerprint density at radius 2 is 1.67 bits per heavy atom. The number of amides is 1. The third-order valence-corrected chi connectivity index (χ3v) is 3.96. The maximum Gasteiger partial charge on any atom is 0.226 e. The Bertz CT molecular complexity index is 715. The number of ether oxygens (including phenoxy) is 1. The van der Waals surface area contributed by atoms with E-state index in [4.69, 9.17) is 4.74 Å². The van der Waals surface area contributed by atoms with Gasteiger partial charge in [0.25, 0.3) is 0 Å². The molecule has 0 saturated heterocycles. The number of hydrogen-bond donors (Lipinski definition) is 2. The largest absolute Gasteiger partial charge is 0.495 e. The van der Waals surface area contributed by atoms with E-state index in [1.54, 1.807) is 7.11 Å². The second-order valence-corrected chi connectivity index (χ2v) is 6.20. The van der Waals surface area contributed by atoms with Gasteiger partial charge in [0.05, 0.1) is 12.8 Å². The molecule has 0 aliphatic rings. The summed E-state index contributed by atoms with van der Waals surface area (Å²) >= 11 is 0. The van der Waals surface area contributed by atoms with Crippen LogP contribution in [0.2, 0.25) is 0 Å². The van der Waals surface area contributed by atoms with Crippen molar-refractivity contribution in [2.45, 2.75) is 34.1 Å². The first-order valence-electron chi connectivity index (χ1n) is 8.17. The summed E-state index contributed by atoms with van der Waals surface area (Å²) in [7, 11) is 1.64. The molecule has 4 nitrogen and oxygen atoms in total. The lowest BCUT2D eigenvalue weighted by Gasteiger charge is -2.14. The first-order chi connectivity index (χ1) is 11.4. The quantitative estimate of drug-likeness (QED) is 0.829. The van der Waals surface area contributed by atoms with E-state index in [1.807, 2.05) is 39.0 Å². The van der Waals surface area contributed by atoms with Crippen molar-refractivity contribution in [2.24, 2.45) is 0 Å². The number of benzene rings is 2. The highest BCUT2D eigenvalue weighted by atomic mass is 16.5. The van der Waals surface area contributed by atoms with E-state index in [0.717, 1.165) is 33.8 Å². The smallest absolute Gasteiger partial charge is 0.226 e. The van der Waals surface area contributed by atoms with Gasteiger partial charge in [-0.2, -0.15) is 0 Å². The molecule has 2 aromatic carbocycles. The third kappa shape index (κ3) is 4.51. The Labute approximate surface area is 144 Å². The molecule has 0 aliphatic carbocycles. The standard InChI is InChI=1S/C20H26N2O2/c1-13-6-7-18(24-5)17(12-13)21-9-8-19(23)22-20-15(3)10-14(2)11-16(20)4/h6-7,10-12,21H,8-9H2,1-5H3,(H,22,23). The summed E-state index contributed by atoms with van der Waals surface area (Å²) in [4.78, 5) is 12.2. The average molecular weight is 326 g/mol. The van der Waals surface area contributed by atoms with Crippen molar-refractivity contribution in [3.8, 4) is 5.75 Å². The highest BCUT2D eigenvalue weighted by molar-refractivity contribution is 5.92. The molecule has 2 aromatic rings. The molecule has 0 fully saturated rings. The maximum atomic E-state index is 12.2. The number of rotatable bonds is 6. The lowest BCUT2D eigenvalue weighted by Crippen LogP contribution is -2.17. The molecule has 0 bridgehead atoms. The van der Waals surface area contributed by atoms with Gasteiger partial charge in [-0.05, 0) is 56.5 Å². The minimum atomic E-state index is 0.00386. The summed E-state index contributed by atoms with van der Waals surface area (Å²) < 4.78 is 5.33. The van der Waals surface area contributed by atoms with E-state index in [-0.39, 0.29) is 5.91 Å². The predicted molar refractivity (Wildman–Crippen MR) is 100 cm³/mol. The second kappa shape index (κ2) is 7.86. The number of aryl methyl sites for hydroxylation is 4. The van der Waals surface area contributed by atoms with Crippen LogP contribution < -0.4 is 15.4 Å². The van der Waals surface area contributed by atoms with Crippen molar-refractivity contribution in [1.82, 2.24) is 0 Å². The van der Waals surface area contributed by atoms with Crippen molar-refractivity contribution in [1.29, 1.82) is 0 Å². The molecular weight excluding hydrogens is 300 g/mol. The highest BCUT2D eigenvalue weighted by Crippen LogP contribution is 2.25. The molecule has 1 amide bonds. The van der Waals surface area contributed by atoms with Crippen LogP contribution in [-0.2, 0) is 4.79 Å². The van der Waals surface area contributed by atoms with Crippen molar-refractivity contribution < 1.29 is 9.53 Å². The van der Waals surface area contributed by atoms with Crippen LogP contribution in [0.3, 0.4) is 0 Å². The van der Waals surface area contributed by atoms with Gasteiger partial charge in [-0.25, -0.2) is 0 Å². The number of anilines is 2. The molecule has 0 atom stereocenters. The summed E-state index contributed by atoms with van der Waals surface area (Å²) in [5.41, 5.74) is 6.36. The fraction of sp³-hybridized carbons (Fsp3) is 0.350. The molecule has 2 rings (SSSR count). The Hall–Kier alpha value is -2.49. The molecule has 24 heavy (non-hydrogen) atoms. The van der Waals surface area contributed by atoms with Crippen LogP contribution >= 0.6 is 0 Å². The molecule has 128 valence electrons. The fourth-order valence-corrected chi connectivity index (χ4v) is 2.85. The normalized spacial score (nSPS) is 10.4. The topological polar surface area (TPSA) is 50.4 Å². The van der Waals surface area contributed by atoms with Gasteiger partial charge in [0, 0.05) is 18.7 Å². The van der Waals surface area contributed by atoms with Crippen LogP contribution in [0.1, 0.15) is 28.7 Å². The lowest BCUT2D eigenvalue weighted by atomic mass is 10.1. The van der Waals surface area contributed by atoms with E-state index in [9.17, 15) is 4.79 Å². The van der Waals surface area contributed by atoms with E-state index in [0.29, 0.717) is 13.0 Å². The molecular formula is C20H26N2O2. The van der Waals surface area contributed by atoms with Crippen molar-refractivity contribution in [2.75, 3.05) is 24.3 Å². The van der Waals surface area contributed by atoms with Gasteiger partial charge in [0.15, 0.2) is 0 Å². The number of carbonyl (C=O) groups excluding carboxylic acids is 1. The third-order valence-electron chi connectivity index (χ3n) is 3.96. The molecule has 4 heteroatoms. The van der Waals surface area contributed by atoms with E-state index in [1.165, 1.54) is 5.56 Å². The molecule has 0 unspecified atom stereocenters. The van der Waals surface area contributed by atoms with Crippen LogP contribution in [0.15, 0.2) is 30.3 Å². The van der Waals surface area contributed by atoms with Gasteiger partial charge >= 0.3 is 0 Å². The van der Waals surface area contributed by atoms with E-state index in [2.05, 4.69) is 29.7 Å². The van der Waals surface area contributed by atoms with Crippen molar-refractivity contribution >= 4 is 17.3 Å². The molecule has 0 aromatic heterocycles. The molecule has 0 saturated carbocycles. The Morgan fingerprint density at radius 3 is 2.29 bits per heavy atom. The van der Waals surface area contributed by atoms with Gasteiger partial charge in [-0.3, -0.25) is 4.79 Å². The number of hydrogen-bond acceptors (Lipinski definition) is 3. The van der Waals surface area contributed by atoms with Gasteiger partial charge < -0.3 is 15.4 Å². The number of methoxy groups -OCH3 is 1. The van der Waals surface area contributed by atoms with Gasteiger partial charge in [0.2, 0.25) is 5.91 Å². The average Bonchev–Trinajstić information content (AvgIpc) is 2.51. The number of carbonyl (C=O) groups is 1. The summed E-state index contributed by atoms with van der Waals surface area (Å²) in [5, 5.41) is 6.30.